The van der Waals surface area contributed by atoms with Crippen molar-refractivity contribution in [2.24, 2.45) is 10.2 Å². The van der Waals surface area contributed by atoms with Crippen molar-refractivity contribution in [3.05, 3.63) is 59.1 Å². The van der Waals surface area contributed by atoms with E-state index in [-0.39, 0.29) is 0 Å². The van der Waals surface area contributed by atoms with Gasteiger partial charge in [-0.3, -0.25) is 10.9 Å². The van der Waals surface area contributed by atoms with Gasteiger partial charge in [-0.05, 0) is 62.1 Å². The molecule has 23 heavy (non-hydrogen) atoms. The van der Waals surface area contributed by atoms with Gasteiger partial charge in [-0.1, -0.05) is 34.1 Å². The Balaban J connectivity index is 1.49. The van der Waals surface area contributed by atoms with Gasteiger partial charge in [0.05, 0.1) is 11.4 Å². The van der Waals surface area contributed by atoms with Crippen LogP contribution in [0, 0.1) is 0 Å². The lowest BCUT2D eigenvalue weighted by Crippen LogP contribution is -2.16. The highest BCUT2D eigenvalue weighted by atomic mass is 79.9. The van der Waals surface area contributed by atoms with Crippen molar-refractivity contribution in [2.75, 3.05) is 10.9 Å². The Labute approximate surface area is 144 Å². The van der Waals surface area contributed by atoms with Gasteiger partial charge in [-0.2, -0.15) is 10.2 Å². The third-order valence-electron chi connectivity index (χ3n) is 3.71. The SMILES string of the molecule is Brc1ccc(NN=C2CCC(=NNc3ccccc3)CC2)cc1. The molecule has 0 unspecified atom stereocenters. The normalized spacial score (nSPS) is 14.3. The molecule has 1 aliphatic rings. The number of benzene rings is 2. The van der Waals surface area contributed by atoms with Crippen molar-refractivity contribution < 1.29 is 0 Å². The molecular weight excluding hydrogens is 352 g/mol. The van der Waals surface area contributed by atoms with Gasteiger partial charge >= 0.3 is 0 Å². The molecule has 2 aromatic rings. The Morgan fingerprint density at radius 2 is 1.13 bits per heavy atom. The Hall–Kier alpha value is -2.14. The van der Waals surface area contributed by atoms with Crippen molar-refractivity contribution >= 4 is 38.7 Å². The Bertz CT molecular complexity index is 681. The van der Waals surface area contributed by atoms with E-state index in [1.165, 1.54) is 11.4 Å². The fraction of sp³-hybridized carbons (Fsp3) is 0.222. The van der Waals surface area contributed by atoms with Crippen LogP contribution >= 0.6 is 15.9 Å². The first kappa shape index (κ1) is 15.7. The first-order chi connectivity index (χ1) is 11.3. The van der Waals surface area contributed by atoms with Gasteiger partial charge in [-0.25, -0.2) is 0 Å². The molecule has 5 heteroatoms. The molecule has 118 valence electrons. The molecule has 1 saturated carbocycles. The molecule has 0 radical (unpaired) electrons. The zero-order chi connectivity index (χ0) is 15.9. The number of nitrogens with one attached hydrogen (secondary N) is 2. The van der Waals surface area contributed by atoms with E-state index in [1.54, 1.807) is 0 Å². The summed E-state index contributed by atoms with van der Waals surface area (Å²) in [6.45, 7) is 0. The van der Waals surface area contributed by atoms with Crippen molar-refractivity contribution in [3.63, 3.8) is 0 Å². The highest BCUT2D eigenvalue weighted by molar-refractivity contribution is 9.10. The number of nitrogens with zero attached hydrogens (tertiary/aromatic N) is 2. The molecule has 2 aromatic carbocycles. The molecule has 3 rings (SSSR count). The summed E-state index contributed by atoms with van der Waals surface area (Å²) < 4.78 is 1.07. The summed E-state index contributed by atoms with van der Waals surface area (Å²) in [5.74, 6) is 0. The van der Waals surface area contributed by atoms with E-state index >= 15 is 0 Å². The summed E-state index contributed by atoms with van der Waals surface area (Å²) >= 11 is 3.43. The molecule has 0 aliphatic heterocycles. The zero-order valence-electron chi connectivity index (χ0n) is 12.8. The Morgan fingerprint density at radius 1 is 0.652 bits per heavy atom. The van der Waals surface area contributed by atoms with Crippen molar-refractivity contribution in [3.8, 4) is 0 Å². The quantitative estimate of drug-likeness (QED) is 0.721. The van der Waals surface area contributed by atoms with Gasteiger partial charge in [0, 0.05) is 15.9 Å². The average molecular weight is 371 g/mol. The van der Waals surface area contributed by atoms with Crippen molar-refractivity contribution in [2.45, 2.75) is 25.7 Å². The highest BCUT2D eigenvalue weighted by Crippen LogP contribution is 2.17. The maximum absolute atomic E-state index is 4.51. The second kappa shape index (κ2) is 7.92. The van der Waals surface area contributed by atoms with Crippen LogP contribution in [0.1, 0.15) is 25.7 Å². The Kier molecular flexibility index (Phi) is 5.42. The summed E-state index contributed by atoms with van der Waals surface area (Å²) in [6.07, 6.45) is 3.83. The van der Waals surface area contributed by atoms with E-state index in [9.17, 15) is 0 Å². The lowest BCUT2D eigenvalue weighted by Gasteiger charge is -2.15. The minimum absolute atomic E-state index is 0.957. The third-order valence-corrected chi connectivity index (χ3v) is 4.24. The third kappa shape index (κ3) is 4.93. The van der Waals surface area contributed by atoms with Gasteiger partial charge < -0.3 is 0 Å². The summed E-state index contributed by atoms with van der Waals surface area (Å²) in [4.78, 5) is 0. The molecule has 0 amide bonds. The number of hydrogen-bond donors (Lipinski definition) is 2. The minimum atomic E-state index is 0.957. The van der Waals surface area contributed by atoms with Crippen LogP contribution in [-0.4, -0.2) is 11.4 Å². The summed E-state index contributed by atoms with van der Waals surface area (Å²) in [6, 6.07) is 18.1. The highest BCUT2D eigenvalue weighted by Gasteiger charge is 2.12. The fourth-order valence-corrected chi connectivity index (χ4v) is 2.64. The molecule has 0 spiro atoms. The monoisotopic (exact) mass is 370 g/mol. The van der Waals surface area contributed by atoms with Gasteiger partial charge in [0.15, 0.2) is 0 Å². The molecule has 0 bridgehead atoms. The molecule has 1 fully saturated rings. The molecule has 0 saturated heterocycles. The minimum Gasteiger partial charge on any atom is -0.279 e. The lowest BCUT2D eigenvalue weighted by atomic mass is 9.97. The largest absolute Gasteiger partial charge is 0.279 e. The van der Waals surface area contributed by atoms with Crippen LogP contribution in [0.5, 0.6) is 0 Å². The number of halogens is 1. The number of hydrogen-bond acceptors (Lipinski definition) is 4. The number of rotatable bonds is 4. The van der Waals surface area contributed by atoms with Gasteiger partial charge in [0.1, 0.15) is 0 Å². The molecule has 2 N–H and O–H groups in total. The number of hydrazone groups is 2. The van der Waals surface area contributed by atoms with Crippen LogP contribution in [0.15, 0.2) is 69.3 Å². The number of para-hydroxylation sites is 1. The molecule has 4 nitrogen and oxygen atoms in total. The van der Waals surface area contributed by atoms with Crippen LogP contribution < -0.4 is 10.9 Å². The first-order valence-electron chi connectivity index (χ1n) is 7.73. The predicted molar refractivity (Wildman–Crippen MR) is 101 cm³/mol. The smallest absolute Gasteiger partial charge is 0.0562 e. The van der Waals surface area contributed by atoms with E-state index < -0.39 is 0 Å². The van der Waals surface area contributed by atoms with Crippen LogP contribution in [0.25, 0.3) is 0 Å². The van der Waals surface area contributed by atoms with E-state index in [1.807, 2.05) is 54.6 Å². The maximum Gasteiger partial charge on any atom is 0.0562 e. The zero-order valence-corrected chi connectivity index (χ0v) is 14.4. The van der Waals surface area contributed by atoms with E-state index in [2.05, 4.69) is 37.0 Å². The standard InChI is InChI=1S/C18H19BrN4/c19-14-6-8-16(9-7-14)21-23-18-12-10-17(11-13-18)22-20-15-4-2-1-3-5-15/h1-9,20-21H,10-13H2. The predicted octanol–water partition coefficient (Wildman–Crippen LogP) is 5.26. The Morgan fingerprint density at radius 3 is 1.65 bits per heavy atom. The fourth-order valence-electron chi connectivity index (χ4n) is 2.38. The molecule has 1 aliphatic carbocycles. The summed E-state index contributed by atoms with van der Waals surface area (Å²) in [5, 5.41) is 9.01. The first-order valence-corrected chi connectivity index (χ1v) is 8.52. The average Bonchev–Trinajstić information content (AvgIpc) is 2.61. The molecule has 0 aromatic heterocycles. The molecule has 0 atom stereocenters. The second-order valence-electron chi connectivity index (χ2n) is 5.45. The van der Waals surface area contributed by atoms with Gasteiger partial charge in [0.2, 0.25) is 0 Å². The van der Waals surface area contributed by atoms with E-state index in [4.69, 9.17) is 0 Å². The van der Waals surface area contributed by atoms with Crippen LogP contribution in [0.2, 0.25) is 0 Å². The van der Waals surface area contributed by atoms with Gasteiger partial charge in [0.25, 0.3) is 0 Å². The number of anilines is 2. The van der Waals surface area contributed by atoms with E-state index in [0.29, 0.717) is 0 Å². The van der Waals surface area contributed by atoms with Crippen LogP contribution in [0.4, 0.5) is 11.4 Å². The van der Waals surface area contributed by atoms with Crippen LogP contribution in [0.3, 0.4) is 0 Å². The lowest BCUT2D eigenvalue weighted by molar-refractivity contribution is 0.935. The topological polar surface area (TPSA) is 48.8 Å². The summed E-state index contributed by atoms with van der Waals surface area (Å²) in [7, 11) is 0. The maximum atomic E-state index is 4.51. The molecular formula is C18H19BrN4. The second-order valence-corrected chi connectivity index (χ2v) is 6.37. The van der Waals surface area contributed by atoms with Crippen molar-refractivity contribution in [1.29, 1.82) is 0 Å². The van der Waals surface area contributed by atoms with Crippen LogP contribution in [-0.2, 0) is 0 Å². The van der Waals surface area contributed by atoms with E-state index in [0.717, 1.165) is 41.5 Å². The molecule has 0 heterocycles. The van der Waals surface area contributed by atoms with Crippen molar-refractivity contribution in [1.82, 2.24) is 0 Å². The summed E-state index contributed by atoms with van der Waals surface area (Å²) in [5.41, 5.74) is 10.7. The van der Waals surface area contributed by atoms with Gasteiger partial charge in [-0.15, -0.1) is 0 Å².